The smallest absolute Gasteiger partial charge is 0.239 e. The highest BCUT2D eigenvalue weighted by Crippen LogP contribution is 2.06. The molecule has 3 N–H and O–H groups in total. The van der Waals surface area contributed by atoms with E-state index in [0.29, 0.717) is 12.8 Å². The maximum atomic E-state index is 12.8. The molecule has 2 aromatic rings. The van der Waals surface area contributed by atoms with Crippen LogP contribution in [0.5, 0.6) is 0 Å². The summed E-state index contributed by atoms with van der Waals surface area (Å²) in [5.41, 5.74) is 6.29. The third-order valence-corrected chi connectivity index (χ3v) is 2.09. The Morgan fingerprint density at radius 3 is 2.87 bits per heavy atom. The van der Waals surface area contributed by atoms with Crippen LogP contribution in [0.1, 0.15) is 11.4 Å². The molecule has 1 heterocycles. The lowest BCUT2D eigenvalue weighted by Gasteiger charge is -1.98. The molecule has 0 radical (unpaired) electrons. The van der Waals surface area contributed by atoms with Crippen LogP contribution in [0.4, 0.5) is 10.3 Å². The molecule has 78 valence electrons. The highest BCUT2D eigenvalue weighted by atomic mass is 19.1. The van der Waals surface area contributed by atoms with E-state index in [9.17, 15) is 4.39 Å². The number of hydrogen-bond donors (Lipinski definition) is 2. The van der Waals surface area contributed by atoms with Crippen LogP contribution in [-0.4, -0.2) is 15.2 Å². The fourth-order valence-electron chi connectivity index (χ4n) is 1.38. The van der Waals surface area contributed by atoms with Gasteiger partial charge in [-0.05, 0) is 24.1 Å². The number of aryl methyl sites for hydroxylation is 2. The normalized spacial score (nSPS) is 10.5. The van der Waals surface area contributed by atoms with Crippen molar-refractivity contribution in [3.05, 3.63) is 41.5 Å². The summed E-state index contributed by atoms with van der Waals surface area (Å²) in [7, 11) is 0. The van der Waals surface area contributed by atoms with Gasteiger partial charge in [-0.25, -0.2) is 4.39 Å². The minimum atomic E-state index is -0.218. The molecule has 2 rings (SSSR count). The standard InChI is InChI=1S/C10H11FN4/c11-8-3-1-2-7(6-8)4-5-9-13-10(12)15-14-9/h1-3,6H,4-5H2,(H3,12,13,14,15). The van der Waals surface area contributed by atoms with Gasteiger partial charge in [0.2, 0.25) is 5.95 Å². The van der Waals surface area contributed by atoms with E-state index in [1.165, 1.54) is 12.1 Å². The zero-order valence-electron chi connectivity index (χ0n) is 8.07. The van der Waals surface area contributed by atoms with Crippen molar-refractivity contribution in [3.63, 3.8) is 0 Å². The van der Waals surface area contributed by atoms with Crippen molar-refractivity contribution < 1.29 is 4.39 Å². The number of hydrogen-bond acceptors (Lipinski definition) is 3. The number of rotatable bonds is 3. The van der Waals surface area contributed by atoms with Gasteiger partial charge >= 0.3 is 0 Å². The minimum absolute atomic E-state index is 0.218. The average molecular weight is 206 g/mol. The second-order valence-electron chi connectivity index (χ2n) is 3.27. The molecule has 1 aromatic heterocycles. The number of aromatic nitrogens is 3. The lowest BCUT2D eigenvalue weighted by Crippen LogP contribution is -1.94. The summed E-state index contributed by atoms with van der Waals surface area (Å²) in [6, 6.07) is 6.51. The van der Waals surface area contributed by atoms with Gasteiger partial charge in [0.05, 0.1) is 0 Å². The Bertz CT molecular complexity index is 452. The quantitative estimate of drug-likeness (QED) is 0.795. The lowest BCUT2D eigenvalue weighted by molar-refractivity contribution is 0.625. The van der Waals surface area contributed by atoms with Gasteiger partial charge in [0.1, 0.15) is 11.6 Å². The summed E-state index contributed by atoms with van der Waals surface area (Å²) in [5.74, 6) is 0.741. The zero-order valence-corrected chi connectivity index (χ0v) is 8.07. The highest BCUT2D eigenvalue weighted by molar-refractivity contribution is 5.18. The maximum Gasteiger partial charge on any atom is 0.239 e. The van der Waals surface area contributed by atoms with Gasteiger partial charge in [-0.15, -0.1) is 5.10 Å². The largest absolute Gasteiger partial charge is 0.367 e. The third-order valence-electron chi connectivity index (χ3n) is 2.09. The number of benzene rings is 1. The van der Waals surface area contributed by atoms with Crippen molar-refractivity contribution in [3.8, 4) is 0 Å². The van der Waals surface area contributed by atoms with E-state index < -0.39 is 0 Å². The first-order valence-electron chi connectivity index (χ1n) is 4.65. The minimum Gasteiger partial charge on any atom is -0.367 e. The molecule has 0 atom stereocenters. The van der Waals surface area contributed by atoms with E-state index in [0.717, 1.165) is 11.4 Å². The van der Waals surface area contributed by atoms with Gasteiger partial charge in [0.25, 0.3) is 0 Å². The fraction of sp³-hybridized carbons (Fsp3) is 0.200. The number of halogens is 1. The van der Waals surface area contributed by atoms with E-state index in [4.69, 9.17) is 5.73 Å². The SMILES string of the molecule is Nc1n[nH]c(CCc2cccc(F)c2)n1. The maximum absolute atomic E-state index is 12.8. The molecule has 15 heavy (non-hydrogen) atoms. The molecular formula is C10H11FN4. The second-order valence-corrected chi connectivity index (χ2v) is 3.27. The van der Waals surface area contributed by atoms with Crippen molar-refractivity contribution >= 4 is 5.95 Å². The van der Waals surface area contributed by atoms with Gasteiger partial charge in [0, 0.05) is 6.42 Å². The first-order valence-corrected chi connectivity index (χ1v) is 4.65. The number of nitrogens with zero attached hydrogens (tertiary/aromatic N) is 2. The number of H-pyrrole nitrogens is 1. The van der Waals surface area contributed by atoms with Gasteiger partial charge in [-0.2, -0.15) is 4.98 Å². The summed E-state index contributed by atoms with van der Waals surface area (Å²) < 4.78 is 12.8. The molecule has 0 saturated heterocycles. The number of anilines is 1. The topological polar surface area (TPSA) is 67.6 Å². The van der Waals surface area contributed by atoms with Crippen LogP contribution in [0.15, 0.2) is 24.3 Å². The summed E-state index contributed by atoms with van der Waals surface area (Å²) in [5, 5.41) is 6.42. The summed E-state index contributed by atoms with van der Waals surface area (Å²) >= 11 is 0. The molecule has 0 aliphatic rings. The Hall–Kier alpha value is -1.91. The predicted molar refractivity (Wildman–Crippen MR) is 54.6 cm³/mol. The van der Waals surface area contributed by atoms with Crippen LogP contribution in [0.25, 0.3) is 0 Å². The van der Waals surface area contributed by atoms with Crippen LogP contribution in [-0.2, 0) is 12.8 Å². The average Bonchev–Trinajstić information content (AvgIpc) is 2.62. The van der Waals surface area contributed by atoms with Crippen molar-refractivity contribution in [2.75, 3.05) is 5.73 Å². The monoisotopic (exact) mass is 206 g/mol. The molecule has 0 fully saturated rings. The van der Waals surface area contributed by atoms with E-state index in [2.05, 4.69) is 15.2 Å². The van der Waals surface area contributed by atoms with E-state index in [-0.39, 0.29) is 11.8 Å². The van der Waals surface area contributed by atoms with Gasteiger partial charge in [0.15, 0.2) is 0 Å². The molecule has 0 amide bonds. The van der Waals surface area contributed by atoms with Crippen LogP contribution in [0.2, 0.25) is 0 Å². The molecule has 1 aromatic carbocycles. The molecule has 0 aliphatic carbocycles. The van der Waals surface area contributed by atoms with E-state index in [1.54, 1.807) is 6.07 Å². The van der Waals surface area contributed by atoms with Crippen LogP contribution in [0, 0.1) is 5.82 Å². The Balaban J connectivity index is 1.99. The number of nitrogen functional groups attached to an aromatic ring is 1. The van der Waals surface area contributed by atoms with Gasteiger partial charge < -0.3 is 5.73 Å². The van der Waals surface area contributed by atoms with E-state index in [1.807, 2.05) is 6.07 Å². The summed E-state index contributed by atoms with van der Waals surface area (Å²) in [6.07, 6.45) is 1.39. The van der Waals surface area contributed by atoms with Gasteiger partial charge in [-0.1, -0.05) is 12.1 Å². The van der Waals surface area contributed by atoms with Crippen LogP contribution < -0.4 is 5.73 Å². The number of nitrogens with two attached hydrogens (primary N) is 1. The molecule has 0 aliphatic heterocycles. The van der Waals surface area contributed by atoms with Crippen molar-refractivity contribution in [1.29, 1.82) is 0 Å². The Kier molecular flexibility index (Phi) is 2.62. The van der Waals surface area contributed by atoms with Crippen LogP contribution >= 0.6 is 0 Å². The number of nitrogens with one attached hydrogen (secondary N) is 1. The second kappa shape index (κ2) is 4.08. The zero-order chi connectivity index (χ0) is 10.7. The molecule has 0 bridgehead atoms. The Morgan fingerprint density at radius 2 is 2.20 bits per heavy atom. The van der Waals surface area contributed by atoms with Crippen molar-refractivity contribution in [2.24, 2.45) is 0 Å². The van der Waals surface area contributed by atoms with Crippen molar-refractivity contribution in [1.82, 2.24) is 15.2 Å². The lowest BCUT2D eigenvalue weighted by atomic mass is 10.1. The van der Waals surface area contributed by atoms with Crippen LogP contribution in [0.3, 0.4) is 0 Å². The molecule has 5 heteroatoms. The van der Waals surface area contributed by atoms with E-state index >= 15 is 0 Å². The highest BCUT2D eigenvalue weighted by Gasteiger charge is 2.01. The molecular weight excluding hydrogens is 195 g/mol. The predicted octanol–water partition coefficient (Wildman–Crippen LogP) is 1.31. The first kappa shape index (κ1) is 9.64. The summed E-state index contributed by atoms with van der Waals surface area (Å²) in [4.78, 5) is 3.97. The van der Waals surface area contributed by atoms with Gasteiger partial charge in [-0.3, -0.25) is 5.10 Å². The Labute approximate surface area is 86.3 Å². The Morgan fingerprint density at radius 1 is 1.33 bits per heavy atom. The molecule has 0 unspecified atom stereocenters. The third kappa shape index (κ3) is 2.52. The summed E-state index contributed by atoms with van der Waals surface area (Å²) in [6.45, 7) is 0. The number of aromatic amines is 1. The molecule has 4 nitrogen and oxygen atoms in total. The van der Waals surface area contributed by atoms with Crippen molar-refractivity contribution in [2.45, 2.75) is 12.8 Å². The molecule has 0 saturated carbocycles. The molecule has 0 spiro atoms. The fourth-order valence-corrected chi connectivity index (χ4v) is 1.38. The first-order chi connectivity index (χ1) is 7.24.